The zero-order valence-corrected chi connectivity index (χ0v) is 18.6. The van der Waals surface area contributed by atoms with Crippen molar-refractivity contribution < 1.29 is 14.3 Å². The van der Waals surface area contributed by atoms with Crippen molar-refractivity contribution in [2.24, 2.45) is 0 Å². The number of halogens is 2. The number of nitriles is 1. The van der Waals surface area contributed by atoms with Gasteiger partial charge in [-0.2, -0.15) is 5.26 Å². The van der Waals surface area contributed by atoms with Gasteiger partial charge in [0.15, 0.2) is 0 Å². The summed E-state index contributed by atoms with van der Waals surface area (Å²) in [6.07, 6.45) is 1.36. The van der Waals surface area contributed by atoms with Crippen molar-refractivity contribution in [1.82, 2.24) is 0 Å². The number of anilines is 1. The number of hydrogen-bond donors (Lipinski definition) is 1. The van der Waals surface area contributed by atoms with Crippen molar-refractivity contribution in [3.05, 3.63) is 80.7 Å². The molecule has 0 spiro atoms. The van der Waals surface area contributed by atoms with Crippen LogP contribution in [0.25, 0.3) is 17.2 Å². The maximum absolute atomic E-state index is 12.8. The first-order chi connectivity index (χ1) is 14.9. The molecule has 2 aromatic carbocycles. The van der Waals surface area contributed by atoms with Gasteiger partial charge < -0.3 is 10.1 Å². The molecule has 0 fully saturated rings. The number of carbonyl (C=O) groups excluding carboxylic acids is 2. The van der Waals surface area contributed by atoms with E-state index in [2.05, 4.69) is 5.32 Å². The Bertz CT molecular complexity index is 1200. The number of amides is 1. The summed E-state index contributed by atoms with van der Waals surface area (Å²) >= 11 is 13.2. The quantitative estimate of drug-likeness (QED) is 0.255. The van der Waals surface area contributed by atoms with Gasteiger partial charge in [-0.1, -0.05) is 59.6 Å². The van der Waals surface area contributed by atoms with Crippen LogP contribution in [0.5, 0.6) is 0 Å². The fourth-order valence-electron chi connectivity index (χ4n) is 2.78. The van der Waals surface area contributed by atoms with Gasteiger partial charge in [0.05, 0.1) is 6.61 Å². The molecule has 0 aliphatic heterocycles. The first-order valence-electron chi connectivity index (χ1n) is 9.16. The number of hydrogen-bond acceptors (Lipinski definition) is 5. The molecular formula is C23H16Cl2N2O3S. The molecule has 1 amide bonds. The number of nitrogens with zero attached hydrogens (tertiary/aromatic N) is 1. The van der Waals surface area contributed by atoms with Crippen molar-refractivity contribution in [3.8, 4) is 17.2 Å². The van der Waals surface area contributed by atoms with Gasteiger partial charge in [-0.25, -0.2) is 4.79 Å². The summed E-state index contributed by atoms with van der Waals surface area (Å²) < 4.78 is 5.19. The molecule has 0 saturated carbocycles. The maximum atomic E-state index is 12.8. The van der Waals surface area contributed by atoms with Gasteiger partial charge in [0, 0.05) is 21.0 Å². The maximum Gasteiger partial charge on any atom is 0.341 e. The lowest BCUT2D eigenvalue weighted by Crippen LogP contribution is -2.16. The molecule has 0 saturated heterocycles. The molecule has 0 unspecified atom stereocenters. The van der Waals surface area contributed by atoms with E-state index in [9.17, 15) is 14.9 Å². The Morgan fingerprint density at radius 2 is 1.94 bits per heavy atom. The Kier molecular flexibility index (Phi) is 7.48. The lowest BCUT2D eigenvalue weighted by Gasteiger charge is -2.09. The summed E-state index contributed by atoms with van der Waals surface area (Å²) in [7, 11) is 0. The second-order valence-electron chi connectivity index (χ2n) is 6.23. The third kappa shape index (κ3) is 5.33. The fraction of sp³-hybridized carbons (Fsp3) is 0.0870. The lowest BCUT2D eigenvalue weighted by atomic mass is 10.0. The number of thiophene rings is 1. The minimum Gasteiger partial charge on any atom is -0.462 e. The van der Waals surface area contributed by atoms with Gasteiger partial charge in [-0.05, 0) is 36.3 Å². The Labute approximate surface area is 193 Å². The monoisotopic (exact) mass is 470 g/mol. The molecule has 0 bridgehead atoms. The van der Waals surface area contributed by atoms with E-state index in [4.69, 9.17) is 27.9 Å². The molecule has 1 N–H and O–H groups in total. The standard InChI is InChI=1S/C23H16Cl2N2O3S/c1-2-30-23(29)20-18(14-6-4-3-5-7-14)13-31-22(20)27-21(28)16(12-26)10-15-8-9-17(24)11-19(15)25/h3-11,13H,2H2,1H3,(H,27,28)/b16-10-. The van der Waals surface area contributed by atoms with E-state index < -0.39 is 11.9 Å². The van der Waals surface area contributed by atoms with E-state index in [1.54, 1.807) is 24.4 Å². The second kappa shape index (κ2) is 10.3. The van der Waals surface area contributed by atoms with E-state index in [1.807, 2.05) is 36.4 Å². The number of carbonyl (C=O) groups is 2. The normalized spacial score (nSPS) is 11.0. The van der Waals surface area contributed by atoms with Gasteiger partial charge in [0.1, 0.15) is 22.2 Å². The first kappa shape index (κ1) is 22.6. The summed E-state index contributed by atoms with van der Waals surface area (Å²) in [6.45, 7) is 1.89. The number of benzene rings is 2. The third-order valence-electron chi connectivity index (χ3n) is 4.21. The molecule has 0 atom stereocenters. The Morgan fingerprint density at radius 1 is 1.19 bits per heavy atom. The largest absolute Gasteiger partial charge is 0.462 e. The smallest absolute Gasteiger partial charge is 0.341 e. The summed E-state index contributed by atoms with van der Waals surface area (Å²) in [5, 5.41) is 15.0. The van der Waals surface area contributed by atoms with Crippen LogP contribution in [-0.4, -0.2) is 18.5 Å². The van der Waals surface area contributed by atoms with Gasteiger partial charge in [-0.15, -0.1) is 11.3 Å². The summed E-state index contributed by atoms with van der Waals surface area (Å²) in [5.74, 6) is -1.22. The molecule has 8 heteroatoms. The topological polar surface area (TPSA) is 79.2 Å². The molecule has 1 heterocycles. The highest BCUT2D eigenvalue weighted by Crippen LogP contribution is 2.36. The Morgan fingerprint density at radius 3 is 2.58 bits per heavy atom. The molecule has 3 rings (SSSR count). The van der Waals surface area contributed by atoms with Gasteiger partial charge in [0.2, 0.25) is 0 Å². The molecule has 3 aromatic rings. The van der Waals surface area contributed by atoms with Crippen molar-refractivity contribution in [2.45, 2.75) is 6.92 Å². The Hall–Kier alpha value is -3.11. The lowest BCUT2D eigenvalue weighted by molar-refractivity contribution is -0.112. The van der Waals surface area contributed by atoms with Crippen LogP contribution >= 0.6 is 34.5 Å². The number of rotatable bonds is 6. The summed E-state index contributed by atoms with van der Waals surface area (Å²) in [6, 6.07) is 15.9. The molecule has 0 radical (unpaired) electrons. The van der Waals surface area contributed by atoms with Crippen LogP contribution in [0.1, 0.15) is 22.8 Å². The van der Waals surface area contributed by atoms with E-state index in [0.29, 0.717) is 26.2 Å². The minimum atomic E-state index is -0.666. The van der Waals surface area contributed by atoms with Crippen LogP contribution in [0, 0.1) is 11.3 Å². The van der Waals surface area contributed by atoms with Crippen molar-refractivity contribution in [3.63, 3.8) is 0 Å². The van der Waals surface area contributed by atoms with E-state index in [0.717, 1.165) is 5.56 Å². The third-order valence-corrected chi connectivity index (χ3v) is 5.67. The Balaban J connectivity index is 1.96. The molecule has 31 heavy (non-hydrogen) atoms. The van der Waals surface area contributed by atoms with E-state index >= 15 is 0 Å². The first-order valence-corrected chi connectivity index (χ1v) is 10.8. The predicted octanol–water partition coefficient (Wildman–Crippen LogP) is 6.44. The molecule has 5 nitrogen and oxygen atoms in total. The number of ether oxygens (including phenoxy) is 1. The SMILES string of the molecule is CCOC(=O)c1c(-c2ccccc2)csc1NC(=O)/C(C#N)=C\c1ccc(Cl)cc1Cl. The van der Waals surface area contributed by atoms with Crippen LogP contribution < -0.4 is 5.32 Å². The average molecular weight is 471 g/mol. The molecule has 156 valence electrons. The second-order valence-corrected chi connectivity index (χ2v) is 7.95. The van der Waals surface area contributed by atoms with Crippen molar-refractivity contribution in [2.75, 3.05) is 11.9 Å². The predicted molar refractivity (Wildman–Crippen MR) is 124 cm³/mol. The fourth-order valence-corrected chi connectivity index (χ4v) is 4.19. The highest BCUT2D eigenvalue weighted by atomic mass is 35.5. The highest BCUT2D eigenvalue weighted by Gasteiger charge is 2.23. The van der Waals surface area contributed by atoms with Gasteiger partial charge >= 0.3 is 5.97 Å². The van der Waals surface area contributed by atoms with Crippen molar-refractivity contribution >= 4 is 57.5 Å². The van der Waals surface area contributed by atoms with E-state index in [1.165, 1.54) is 23.5 Å². The summed E-state index contributed by atoms with van der Waals surface area (Å²) in [5.41, 5.74) is 2.00. The minimum absolute atomic E-state index is 0.173. The van der Waals surface area contributed by atoms with Crippen LogP contribution in [-0.2, 0) is 9.53 Å². The molecular weight excluding hydrogens is 455 g/mol. The molecule has 0 aliphatic carbocycles. The number of esters is 1. The summed E-state index contributed by atoms with van der Waals surface area (Å²) in [4.78, 5) is 25.4. The van der Waals surface area contributed by atoms with Gasteiger partial charge in [-0.3, -0.25) is 4.79 Å². The van der Waals surface area contributed by atoms with Crippen LogP contribution in [0.4, 0.5) is 5.00 Å². The average Bonchev–Trinajstić information content (AvgIpc) is 3.17. The molecule has 0 aliphatic rings. The number of nitrogens with one attached hydrogen (secondary N) is 1. The van der Waals surface area contributed by atoms with Crippen molar-refractivity contribution in [1.29, 1.82) is 5.26 Å². The van der Waals surface area contributed by atoms with E-state index in [-0.39, 0.29) is 17.7 Å². The highest BCUT2D eigenvalue weighted by molar-refractivity contribution is 7.15. The zero-order chi connectivity index (χ0) is 22.4. The molecule has 1 aromatic heterocycles. The van der Waals surface area contributed by atoms with Gasteiger partial charge in [0.25, 0.3) is 5.91 Å². The zero-order valence-electron chi connectivity index (χ0n) is 16.3. The van der Waals surface area contributed by atoms with Crippen LogP contribution in [0.15, 0.2) is 59.5 Å². The van der Waals surface area contributed by atoms with Crippen LogP contribution in [0.2, 0.25) is 10.0 Å². The van der Waals surface area contributed by atoms with Crippen LogP contribution in [0.3, 0.4) is 0 Å².